The molecule has 53 heavy (non-hydrogen) atoms. The van der Waals surface area contributed by atoms with Crippen LogP contribution in [-0.4, -0.2) is 6.71 Å². The van der Waals surface area contributed by atoms with Gasteiger partial charge in [0.1, 0.15) is 0 Å². The highest BCUT2D eigenvalue weighted by Crippen LogP contribution is 2.45. The van der Waals surface area contributed by atoms with Crippen LogP contribution in [0.25, 0.3) is 0 Å². The summed E-state index contributed by atoms with van der Waals surface area (Å²) in [5.74, 6) is 0. The second-order valence-corrected chi connectivity index (χ2v) is 14.5. The number of anilines is 9. The number of rotatable bonds is 7. The van der Waals surface area contributed by atoms with Crippen molar-refractivity contribution in [1.82, 2.24) is 0 Å². The molecule has 0 bridgehead atoms. The molecular formula is C48H34BN3S. The molecule has 0 atom stereocenters. The highest BCUT2D eigenvalue weighted by Gasteiger charge is 2.41. The minimum Gasteiger partial charge on any atom is -0.311 e. The van der Waals surface area contributed by atoms with Gasteiger partial charge in [-0.15, -0.1) is 0 Å². The van der Waals surface area contributed by atoms with Gasteiger partial charge in [0, 0.05) is 61.0 Å². The predicted molar refractivity (Wildman–Crippen MR) is 226 cm³/mol. The molecule has 0 spiro atoms. The van der Waals surface area contributed by atoms with E-state index in [1.54, 1.807) is 0 Å². The Balaban J connectivity index is 1.17. The second kappa shape index (κ2) is 13.3. The summed E-state index contributed by atoms with van der Waals surface area (Å²) in [6, 6.07) is 74.4. The first-order chi connectivity index (χ1) is 26.3. The molecule has 10 rings (SSSR count). The Kier molecular flexibility index (Phi) is 7.85. The number of fused-ring (bicyclic) bond motifs is 4. The molecule has 5 heteroatoms. The molecule has 0 radical (unpaired) electrons. The van der Waals surface area contributed by atoms with Crippen LogP contribution in [0.15, 0.2) is 216 Å². The summed E-state index contributed by atoms with van der Waals surface area (Å²) >= 11 is 1.88. The van der Waals surface area contributed by atoms with Crippen molar-refractivity contribution in [2.24, 2.45) is 0 Å². The highest BCUT2D eigenvalue weighted by atomic mass is 32.2. The van der Waals surface area contributed by atoms with Gasteiger partial charge in [-0.1, -0.05) is 126 Å². The average molecular weight is 696 g/mol. The first kappa shape index (κ1) is 31.3. The Bertz CT molecular complexity index is 2470. The van der Waals surface area contributed by atoms with Gasteiger partial charge in [0.15, 0.2) is 0 Å². The van der Waals surface area contributed by atoms with Gasteiger partial charge in [0.2, 0.25) is 6.71 Å². The Morgan fingerprint density at radius 3 is 1.36 bits per heavy atom. The monoisotopic (exact) mass is 695 g/mol. The van der Waals surface area contributed by atoms with Crippen LogP contribution in [0.5, 0.6) is 0 Å². The summed E-state index contributed by atoms with van der Waals surface area (Å²) in [7, 11) is 0. The SMILES string of the molecule is c1ccc(N(c2ccccc2)c2ccc3c(c2)Sc2cccc4c2B3c2ccc(N(c3ccccc3)c3ccccc3)cc2N4c2ccccc2)cc1. The molecule has 0 aliphatic carbocycles. The van der Waals surface area contributed by atoms with E-state index in [0.29, 0.717) is 0 Å². The molecule has 8 aromatic rings. The molecule has 0 amide bonds. The van der Waals surface area contributed by atoms with Crippen LogP contribution < -0.4 is 31.1 Å². The standard InChI is InChI=1S/C48H34BN3S/c1-6-17-35(18-7-1)50(36-19-8-2-9-20-36)40-29-31-42-45(33-40)52(39-25-14-5-15-26-39)44-27-16-28-46-48(44)49(42)43-32-30-41(34-47(43)53-46)51(37-21-10-3-11-22-37)38-23-12-4-13-24-38/h1-34H. The van der Waals surface area contributed by atoms with Gasteiger partial charge in [-0.2, -0.15) is 0 Å². The lowest BCUT2D eigenvalue weighted by atomic mass is 9.35. The van der Waals surface area contributed by atoms with E-state index >= 15 is 0 Å². The molecule has 3 nitrogen and oxygen atoms in total. The Morgan fingerprint density at radius 1 is 0.358 bits per heavy atom. The smallest absolute Gasteiger partial charge is 0.249 e. The van der Waals surface area contributed by atoms with E-state index in [9.17, 15) is 0 Å². The first-order valence-electron chi connectivity index (χ1n) is 18.1. The maximum Gasteiger partial charge on any atom is 0.249 e. The third-order valence-electron chi connectivity index (χ3n) is 10.3. The summed E-state index contributed by atoms with van der Waals surface area (Å²) in [4.78, 5) is 9.76. The topological polar surface area (TPSA) is 9.72 Å². The summed E-state index contributed by atoms with van der Waals surface area (Å²) in [6.07, 6.45) is 0. The van der Waals surface area contributed by atoms with Gasteiger partial charge >= 0.3 is 0 Å². The fourth-order valence-corrected chi connectivity index (χ4v) is 9.19. The van der Waals surface area contributed by atoms with E-state index in [0.717, 1.165) is 39.8 Å². The third kappa shape index (κ3) is 5.49. The van der Waals surface area contributed by atoms with E-state index < -0.39 is 0 Å². The molecule has 2 heterocycles. The number of nitrogens with zero attached hydrogens (tertiary/aromatic N) is 3. The molecule has 0 N–H and O–H groups in total. The average Bonchev–Trinajstić information content (AvgIpc) is 3.23. The Labute approximate surface area is 315 Å². The van der Waals surface area contributed by atoms with Gasteiger partial charge < -0.3 is 14.7 Å². The first-order valence-corrected chi connectivity index (χ1v) is 18.9. The zero-order valence-electron chi connectivity index (χ0n) is 29.0. The number of para-hydroxylation sites is 5. The van der Waals surface area contributed by atoms with Gasteiger partial charge in [0.05, 0.1) is 0 Å². The van der Waals surface area contributed by atoms with Crippen molar-refractivity contribution in [3.63, 3.8) is 0 Å². The molecule has 2 aliphatic heterocycles. The van der Waals surface area contributed by atoms with Crippen molar-refractivity contribution in [2.75, 3.05) is 14.7 Å². The van der Waals surface area contributed by atoms with Gasteiger partial charge in [-0.3, -0.25) is 0 Å². The van der Waals surface area contributed by atoms with Gasteiger partial charge in [-0.25, -0.2) is 0 Å². The van der Waals surface area contributed by atoms with Gasteiger partial charge in [0.25, 0.3) is 0 Å². The minimum atomic E-state index is 0.0827. The van der Waals surface area contributed by atoms with E-state index in [1.165, 1.54) is 37.6 Å². The summed E-state index contributed by atoms with van der Waals surface area (Å²) in [6.45, 7) is 0.0827. The van der Waals surface area contributed by atoms with Crippen molar-refractivity contribution in [3.05, 3.63) is 206 Å². The van der Waals surface area contributed by atoms with Gasteiger partial charge in [-0.05, 0) is 108 Å². The van der Waals surface area contributed by atoms with Crippen molar-refractivity contribution < 1.29 is 0 Å². The summed E-state index contributed by atoms with van der Waals surface area (Å²) in [5.41, 5.74) is 14.4. The third-order valence-corrected chi connectivity index (χ3v) is 11.4. The highest BCUT2D eigenvalue weighted by molar-refractivity contribution is 8.00. The largest absolute Gasteiger partial charge is 0.311 e. The van der Waals surface area contributed by atoms with Crippen LogP contribution in [0.3, 0.4) is 0 Å². The van der Waals surface area contributed by atoms with Crippen molar-refractivity contribution in [1.29, 1.82) is 0 Å². The molecule has 8 aromatic carbocycles. The molecule has 0 saturated carbocycles. The molecular weight excluding hydrogens is 661 g/mol. The zero-order valence-corrected chi connectivity index (χ0v) is 29.8. The van der Waals surface area contributed by atoms with E-state index in [1.807, 2.05) is 11.8 Å². The Morgan fingerprint density at radius 2 is 0.830 bits per heavy atom. The second-order valence-electron chi connectivity index (χ2n) is 13.4. The fourth-order valence-electron chi connectivity index (χ4n) is 7.99. The van der Waals surface area contributed by atoms with E-state index in [2.05, 4.69) is 221 Å². The molecule has 250 valence electrons. The van der Waals surface area contributed by atoms with Crippen LogP contribution in [0.2, 0.25) is 0 Å². The predicted octanol–water partition coefficient (Wildman–Crippen LogP) is 11.4. The summed E-state index contributed by atoms with van der Waals surface area (Å²) in [5, 5.41) is 0. The van der Waals surface area contributed by atoms with Crippen LogP contribution in [0.1, 0.15) is 0 Å². The van der Waals surface area contributed by atoms with E-state index in [4.69, 9.17) is 0 Å². The fraction of sp³-hybridized carbons (Fsp3) is 0. The van der Waals surface area contributed by atoms with Crippen molar-refractivity contribution in [3.8, 4) is 0 Å². The molecule has 0 aromatic heterocycles. The molecule has 0 fully saturated rings. The lowest BCUT2D eigenvalue weighted by Crippen LogP contribution is -2.59. The maximum atomic E-state index is 2.47. The lowest BCUT2D eigenvalue weighted by molar-refractivity contribution is 1.24. The van der Waals surface area contributed by atoms with E-state index in [-0.39, 0.29) is 6.71 Å². The van der Waals surface area contributed by atoms with Crippen molar-refractivity contribution >= 4 is 86.0 Å². The molecule has 2 aliphatic rings. The van der Waals surface area contributed by atoms with Crippen LogP contribution in [0, 0.1) is 0 Å². The minimum absolute atomic E-state index is 0.0827. The summed E-state index contributed by atoms with van der Waals surface area (Å²) < 4.78 is 0. The Hall–Kier alpha value is -6.43. The number of hydrogen-bond acceptors (Lipinski definition) is 4. The lowest BCUT2D eigenvalue weighted by Gasteiger charge is -2.41. The quantitative estimate of drug-likeness (QED) is 0.154. The van der Waals surface area contributed by atoms with Crippen LogP contribution in [-0.2, 0) is 0 Å². The normalized spacial score (nSPS) is 12.4. The van der Waals surface area contributed by atoms with Crippen LogP contribution >= 0.6 is 11.8 Å². The van der Waals surface area contributed by atoms with Crippen molar-refractivity contribution in [2.45, 2.75) is 9.79 Å². The van der Waals surface area contributed by atoms with Crippen LogP contribution in [0.4, 0.5) is 51.2 Å². The number of benzene rings is 8. The molecule has 0 unspecified atom stereocenters. The molecule has 0 saturated heterocycles. The maximum absolute atomic E-state index is 2.47. The number of hydrogen-bond donors (Lipinski definition) is 0. The zero-order chi connectivity index (χ0) is 35.1.